The lowest BCUT2D eigenvalue weighted by atomic mass is 10.2. The Labute approximate surface area is 125 Å². The van der Waals surface area contributed by atoms with E-state index >= 15 is 0 Å². The van der Waals surface area contributed by atoms with Crippen LogP contribution < -0.4 is 10.5 Å². The van der Waals surface area contributed by atoms with Crippen LogP contribution in [0.2, 0.25) is 0 Å². The average Bonchev–Trinajstić information content (AvgIpc) is 2.22. The lowest BCUT2D eigenvalue weighted by molar-refractivity contribution is 0.571. The molecule has 0 aromatic heterocycles. The summed E-state index contributed by atoms with van der Waals surface area (Å²) >= 11 is 6.60. The standard InChI is InChI=1S/C11H16Br2N2O2S/c1-7-5-10(13)11(6-9(7)12)18(16,17)15-4-3-8(2)14/h5-6,8,15H,3-4,14H2,1-2H3. The van der Waals surface area contributed by atoms with Gasteiger partial charge in [0.15, 0.2) is 0 Å². The monoisotopic (exact) mass is 398 g/mol. The predicted octanol–water partition coefficient (Wildman–Crippen LogP) is 2.54. The largest absolute Gasteiger partial charge is 0.328 e. The Morgan fingerprint density at radius 2 is 1.94 bits per heavy atom. The predicted molar refractivity (Wildman–Crippen MR) is 80.0 cm³/mol. The zero-order chi connectivity index (χ0) is 13.9. The van der Waals surface area contributed by atoms with Crippen molar-refractivity contribution in [3.8, 4) is 0 Å². The van der Waals surface area contributed by atoms with Gasteiger partial charge in [-0.2, -0.15) is 0 Å². The first-order valence-electron chi connectivity index (χ1n) is 5.45. The number of halogens is 2. The number of rotatable bonds is 5. The molecular weight excluding hydrogens is 384 g/mol. The van der Waals surface area contributed by atoms with Crippen LogP contribution in [0, 0.1) is 6.92 Å². The van der Waals surface area contributed by atoms with Crippen molar-refractivity contribution in [3.63, 3.8) is 0 Å². The lowest BCUT2D eigenvalue weighted by Crippen LogP contribution is -2.29. The van der Waals surface area contributed by atoms with Crippen LogP contribution in [-0.4, -0.2) is 21.0 Å². The van der Waals surface area contributed by atoms with Crippen LogP contribution in [0.4, 0.5) is 0 Å². The SMILES string of the molecule is Cc1cc(Br)c(S(=O)(=O)NCCC(C)N)cc1Br. The molecule has 4 nitrogen and oxygen atoms in total. The summed E-state index contributed by atoms with van der Waals surface area (Å²) in [5.41, 5.74) is 6.55. The minimum atomic E-state index is -3.51. The van der Waals surface area contributed by atoms with E-state index < -0.39 is 10.0 Å². The fourth-order valence-corrected chi connectivity index (χ4v) is 4.06. The van der Waals surface area contributed by atoms with E-state index in [0.29, 0.717) is 17.4 Å². The van der Waals surface area contributed by atoms with Crippen molar-refractivity contribution < 1.29 is 8.42 Å². The maximum absolute atomic E-state index is 12.1. The van der Waals surface area contributed by atoms with Crippen molar-refractivity contribution in [1.29, 1.82) is 0 Å². The van der Waals surface area contributed by atoms with Gasteiger partial charge in [0, 0.05) is 21.5 Å². The van der Waals surface area contributed by atoms with Gasteiger partial charge in [-0.3, -0.25) is 0 Å². The van der Waals surface area contributed by atoms with Crippen molar-refractivity contribution in [2.24, 2.45) is 5.73 Å². The molecule has 1 rings (SSSR count). The third-order valence-corrected chi connectivity index (χ3v) is 5.67. The summed E-state index contributed by atoms with van der Waals surface area (Å²) in [6.07, 6.45) is 0.601. The Bertz CT molecular complexity index is 530. The Kier molecular flexibility index (Phi) is 5.79. The molecule has 3 N–H and O–H groups in total. The van der Waals surface area contributed by atoms with Gasteiger partial charge < -0.3 is 5.73 Å². The highest BCUT2D eigenvalue weighted by atomic mass is 79.9. The normalized spacial score (nSPS) is 13.6. The van der Waals surface area contributed by atoms with Crippen LogP contribution >= 0.6 is 31.9 Å². The van der Waals surface area contributed by atoms with Crippen LogP contribution in [0.3, 0.4) is 0 Å². The molecule has 102 valence electrons. The average molecular weight is 400 g/mol. The van der Waals surface area contributed by atoms with E-state index in [1.807, 2.05) is 13.8 Å². The maximum Gasteiger partial charge on any atom is 0.241 e. The van der Waals surface area contributed by atoms with E-state index in [1.165, 1.54) is 0 Å². The molecule has 0 bridgehead atoms. The zero-order valence-electron chi connectivity index (χ0n) is 10.2. The summed E-state index contributed by atoms with van der Waals surface area (Å²) in [6.45, 7) is 4.07. The highest BCUT2D eigenvalue weighted by Crippen LogP contribution is 2.28. The molecule has 0 fully saturated rings. The third-order valence-electron chi connectivity index (χ3n) is 2.39. The number of sulfonamides is 1. The molecule has 0 amide bonds. The number of aryl methyl sites for hydroxylation is 1. The van der Waals surface area contributed by atoms with Crippen molar-refractivity contribution in [2.75, 3.05) is 6.54 Å². The summed E-state index contributed by atoms with van der Waals surface area (Å²) in [5.74, 6) is 0. The second-order valence-corrected chi connectivity index (χ2v) is 7.64. The van der Waals surface area contributed by atoms with Crippen molar-refractivity contribution >= 4 is 41.9 Å². The number of nitrogens with one attached hydrogen (secondary N) is 1. The van der Waals surface area contributed by atoms with E-state index in [-0.39, 0.29) is 10.9 Å². The summed E-state index contributed by atoms with van der Waals surface area (Å²) in [5, 5.41) is 0. The summed E-state index contributed by atoms with van der Waals surface area (Å²) in [6, 6.07) is 3.33. The Balaban J connectivity index is 2.95. The molecule has 1 unspecified atom stereocenters. The molecule has 1 atom stereocenters. The van der Waals surface area contributed by atoms with Gasteiger partial charge in [0.05, 0.1) is 4.90 Å². The van der Waals surface area contributed by atoms with Crippen molar-refractivity contribution in [1.82, 2.24) is 4.72 Å². The lowest BCUT2D eigenvalue weighted by Gasteiger charge is -2.11. The smallest absolute Gasteiger partial charge is 0.241 e. The fourth-order valence-electron chi connectivity index (χ4n) is 1.33. The summed E-state index contributed by atoms with van der Waals surface area (Å²) in [7, 11) is -3.51. The second-order valence-electron chi connectivity index (χ2n) is 4.20. The van der Waals surface area contributed by atoms with E-state index in [2.05, 4.69) is 36.6 Å². The first kappa shape index (κ1) is 16.1. The minimum Gasteiger partial charge on any atom is -0.328 e. The van der Waals surface area contributed by atoms with Gasteiger partial charge in [-0.1, -0.05) is 15.9 Å². The van der Waals surface area contributed by atoms with Crippen LogP contribution in [0.15, 0.2) is 26.0 Å². The van der Waals surface area contributed by atoms with Gasteiger partial charge in [0.25, 0.3) is 0 Å². The Morgan fingerprint density at radius 1 is 1.33 bits per heavy atom. The molecule has 0 aliphatic heterocycles. The first-order chi connectivity index (χ1) is 8.24. The van der Waals surface area contributed by atoms with Gasteiger partial charge >= 0.3 is 0 Å². The van der Waals surface area contributed by atoms with Gasteiger partial charge in [-0.15, -0.1) is 0 Å². The zero-order valence-corrected chi connectivity index (χ0v) is 14.2. The van der Waals surface area contributed by atoms with Crippen molar-refractivity contribution in [2.45, 2.75) is 31.2 Å². The molecule has 1 aromatic carbocycles. The molecule has 0 saturated heterocycles. The topological polar surface area (TPSA) is 72.2 Å². The molecule has 18 heavy (non-hydrogen) atoms. The molecule has 0 saturated carbocycles. The summed E-state index contributed by atoms with van der Waals surface area (Å²) < 4.78 is 28.0. The van der Waals surface area contributed by atoms with E-state index in [1.54, 1.807) is 12.1 Å². The van der Waals surface area contributed by atoms with Crippen LogP contribution in [0.25, 0.3) is 0 Å². The Morgan fingerprint density at radius 3 is 2.50 bits per heavy atom. The number of hydrogen-bond donors (Lipinski definition) is 2. The van der Waals surface area contributed by atoms with E-state index in [4.69, 9.17) is 5.73 Å². The second kappa shape index (κ2) is 6.47. The number of benzene rings is 1. The van der Waals surface area contributed by atoms with Crippen LogP contribution in [-0.2, 0) is 10.0 Å². The Hall–Kier alpha value is 0.0500. The highest BCUT2D eigenvalue weighted by Gasteiger charge is 2.18. The molecule has 0 aliphatic rings. The molecule has 7 heteroatoms. The molecular formula is C11H16Br2N2O2S. The van der Waals surface area contributed by atoms with Gasteiger partial charge in [-0.25, -0.2) is 13.1 Å². The van der Waals surface area contributed by atoms with Crippen LogP contribution in [0.1, 0.15) is 18.9 Å². The molecule has 0 heterocycles. The summed E-state index contributed by atoms with van der Waals surface area (Å²) in [4.78, 5) is 0.227. The van der Waals surface area contributed by atoms with Crippen molar-refractivity contribution in [3.05, 3.63) is 26.6 Å². The quantitative estimate of drug-likeness (QED) is 0.798. The number of nitrogens with two attached hydrogens (primary N) is 1. The molecule has 0 aliphatic carbocycles. The van der Waals surface area contributed by atoms with E-state index in [0.717, 1.165) is 10.0 Å². The molecule has 0 spiro atoms. The molecule has 1 aromatic rings. The highest BCUT2D eigenvalue weighted by molar-refractivity contribution is 9.11. The third kappa shape index (κ3) is 4.31. The number of hydrogen-bond acceptors (Lipinski definition) is 3. The molecule has 0 radical (unpaired) electrons. The minimum absolute atomic E-state index is 0.0269. The van der Waals surface area contributed by atoms with Gasteiger partial charge in [0.2, 0.25) is 10.0 Å². The van der Waals surface area contributed by atoms with Gasteiger partial charge in [0.1, 0.15) is 0 Å². The fraction of sp³-hybridized carbons (Fsp3) is 0.455. The van der Waals surface area contributed by atoms with Crippen LogP contribution in [0.5, 0.6) is 0 Å². The maximum atomic E-state index is 12.1. The first-order valence-corrected chi connectivity index (χ1v) is 8.52. The van der Waals surface area contributed by atoms with E-state index in [9.17, 15) is 8.42 Å². The van der Waals surface area contributed by atoms with Gasteiger partial charge in [-0.05, 0) is 53.9 Å².